The third-order valence-electron chi connectivity index (χ3n) is 4.87. The fourth-order valence-electron chi connectivity index (χ4n) is 3.44. The molecule has 4 rings (SSSR count). The monoisotopic (exact) mass is 396 g/mol. The number of hydrogen-bond donors (Lipinski definition) is 2. The number of aromatic hydroxyl groups is 1. The van der Waals surface area contributed by atoms with Gasteiger partial charge in [-0.05, 0) is 55.0 Å². The maximum atomic E-state index is 13.4. The van der Waals surface area contributed by atoms with Gasteiger partial charge in [0.05, 0.1) is 18.4 Å². The smallest absolute Gasteiger partial charge is 0.254 e. The predicted molar refractivity (Wildman–Crippen MR) is 104 cm³/mol. The van der Waals surface area contributed by atoms with Gasteiger partial charge in [-0.1, -0.05) is 6.07 Å². The number of nitrogens with one attached hydrogen (secondary N) is 1. The minimum Gasteiger partial charge on any atom is -0.508 e. The van der Waals surface area contributed by atoms with E-state index in [1.165, 1.54) is 12.1 Å². The Morgan fingerprint density at radius 1 is 1.14 bits per heavy atom. The number of phenols is 1. The molecule has 0 saturated carbocycles. The fraction of sp³-hybridized carbons (Fsp3) is 0.136. The molecule has 0 unspecified atom stereocenters. The van der Waals surface area contributed by atoms with Crippen LogP contribution in [0, 0.1) is 18.6 Å². The van der Waals surface area contributed by atoms with Crippen LogP contribution in [0.5, 0.6) is 5.75 Å². The Bertz CT molecular complexity index is 1200. The van der Waals surface area contributed by atoms with Gasteiger partial charge in [0, 0.05) is 23.1 Å². The summed E-state index contributed by atoms with van der Waals surface area (Å²) in [5.74, 6) is -1.50. The quantitative estimate of drug-likeness (QED) is 0.522. The first-order valence-corrected chi connectivity index (χ1v) is 9.00. The molecule has 1 amide bonds. The normalized spacial score (nSPS) is 11.1. The number of phenolic OH excluding ortho intramolecular Hbond substituents is 1. The molecule has 0 aliphatic carbocycles. The summed E-state index contributed by atoms with van der Waals surface area (Å²) in [5.41, 5.74) is 2.32. The lowest BCUT2D eigenvalue weighted by atomic mass is 10.1. The second-order valence-electron chi connectivity index (χ2n) is 6.76. The molecule has 0 aliphatic rings. The Kier molecular flexibility index (Phi) is 4.80. The van der Waals surface area contributed by atoms with E-state index < -0.39 is 11.6 Å². The predicted octanol–water partition coefficient (Wildman–Crippen LogP) is 4.50. The van der Waals surface area contributed by atoms with Crippen LogP contribution in [0.1, 0.15) is 27.4 Å². The number of fused-ring (bicyclic) bond motifs is 1. The van der Waals surface area contributed by atoms with E-state index in [9.17, 15) is 18.7 Å². The van der Waals surface area contributed by atoms with Gasteiger partial charge < -0.3 is 19.4 Å². The molecule has 4 aromatic rings. The average molecular weight is 396 g/mol. The molecule has 0 spiro atoms. The summed E-state index contributed by atoms with van der Waals surface area (Å²) in [7, 11) is 0. The number of rotatable bonds is 5. The van der Waals surface area contributed by atoms with Crippen LogP contribution in [-0.4, -0.2) is 15.6 Å². The fourth-order valence-corrected chi connectivity index (χ4v) is 3.44. The van der Waals surface area contributed by atoms with Gasteiger partial charge in [0.1, 0.15) is 11.5 Å². The van der Waals surface area contributed by atoms with Crippen molar-refractivity contribution in [2.24, 2.45) is 0 Å². The van der Waals surface area contributed by atoms with E-state index in [-0.39, 0.29) is 18.2 Å². The number of amides is 1. The molecular weight excluding hydrogens is 378 g/mol. The van der Waals surface area contributed by atoms with Crippen molar-refractivity contribution in [3.05, 3.63) is 89.0 Å². The third-order valence-corrected chi connectivity index (χ3v) is 4.87. The summed E-state index contributed by atoms with van der Waals surface area (Å²) in [6.07, 6.45) is 1.58. The van der Waals surface area contributed by atoms with Crippen molar-refractivity contribution in [3.8, 4) is 5.75 Å². The van der Waals surface area contributed by atoms with Gasteiger partial charge in [0.15, 0.2) is 11.6 Å². The molecule has 0 aliphatic heterocycles. The van der Waals surface area contributed by atoms with E-state index in [4.69, 9.17) is 4.42 Å². The summed E-state index contributed by atoms with van der Waals surface area (Å²) in [5, 5.41) is 13.3. The Labute approximate surface area is 165 Å². The van der Waals surface area contributed by atoms with E-state index in [2.05, 4.69) is 5.32 Å². The van der Waals surface area contributed by atoms with Gasteiger partial charge in [-0.3, -0.25) is 4.79 Å². The number of carbonyl (C=O) groups is 1. The Hall–Kier alpha value is -3.61. The number of carbonyl (C=O) groups excluding carboxylic acids is 1. The van der Waals surface area contributed by atoms with E-state index in [1.54, 1.807) is 24.5 Å². The van der Waals surface area contributed by atoms with Gasteiger partial charge in [0.25, 0.3) is 5.91 Å². The zero-order valence-corrected chi connectivity index (χ0v) is 15.6. The summed E-state index contributed by atoms with van der Waals surface area (Å²) in [4.78, 5) is 12.9. The summed E-state index contributed by atoms with van der Waals surface area (Å²) >= 11 is 0. The minimum absolute atomic E-state index is 0.0408. The van der Waals surface area contributed by atoms with Crippen LogP contribution in [0.15, 0.2) is 59.2 Å². The molecule has 5 nitrogen and oxygen atoms in total. The number of furan rings is 1. The summed E-state index contributed by atoms with van der Waals surface area (Å²) < 4.78 is 33.8. The zero-order valence-electron chi connectivity index (χ0n) is 15.6. The summed E-state index contributed by atoms with van der Waals surface area (Å²) in [6.45, 7) is 2.28. The SMILES string of the molecule is Cc1c(C(=O)NCc2ccc(F)c(F)c2)c2cc(O)ccc2n1Cc1ccco1. The Morgan fingerprint density at radius 2 is 1.97 bits per heavy atom. The highest BCUT2D eigenvalue weighted by atomic mass is 19.2. The molecule has 0 radical (unpaired) electrons. The number of nitrogens with zero attached hydrogens (tertiary/aromatic N) is 1. The lowest BCUT2D eigenvalue weighted by Gasteiger charge is -2.08. The van der Waals surface area contributed by atoms with Gasteiger partial charge in [-0.15, -0.1) is 0 Å². The molecule has 29 heavy (non-hydrogen) atoms. The highest BCUT2D eigenvalue weighted by Crippen LogP contribution is 2.30. The van der Waals surface area contributed by atoms with Crippen LogP contribution in [0.25, 0.3) is 10.9 Å². The maximum absolute atomic E-state index is 13.4. The van der Waals surface area contributed by atoms with Crippen LogP contribution < -0.4 is 5.32 Å². The van der Waals surface area contributed by atoms with Crippen LogP contribution in [0.3, 0.4) is 0 Å². The molecular formula is C22H18F2N2O3. The molecule has 7 heteroatoms. The van der Waals surface area contributed by atoms with Crippen molar-refractivity contribution in [2.75, 3.05) is 0 Å². The van der Waals surface area contributed by atoms with Crippen LogP contribution in [-0.2, 0) is 13.1 Å². The van der Waals surface area contributed by atoms with Gasteiger partial charge in [0.2, 0.25) is 0 Å². The van der Waals surface area contributed by atoms with Crippen molar-refractivity contribution >= 4 is 16.8 Å². The van der Waals surface area contributed by atoms with Gasteiger partial charge >= 0.3 is 0 Å². The van der Waals surface area contributed by atoms with E-state index in [0.29, 0.717) is 28.8 Å². The lowest BCUT2D eigenvalue weighted by molar-refractivity contribution is 0.0951. The molecule has 0 atom stereocenters. The van der Waals surface area contributed by atoms with E-state index in [0.717, 1.165) is 23.4 Å². The maximum Gasteiger partial charge on any atom is 0.254 e. The van der Waals surface area contributed by atoms with Crippen LogP contribution >= 0.6 is 0 Å². The second-order valence-corrected chi connectivity index (χ2v) is 6.76. The first-order chi connectivity index (χ1) is 13.9. The molecule has 0 fully saturated rings. The molecule has 2 aromatic heterocycles. The molecule has 0 saturated heterocycles. The highest BCUT2D eigenvalue weighted by Gasteiger charge is 2.21. The first kappa shape index (κ1) is 18.7. The molecule has 0 bridgehead atoms. The van der Waals surface area contributed by atoms with Crippen molar-refractivity contribution in [2.45, 2.75) is 20.0 Å². The number of halogens is 2. The molecule has 2 aromatic carbocycles. The van der Waals surface area contributed by atoms with Crippen LogP contribution in [0.4, 0.5) is 8.78 Å². The Morgan fingerprint density at radius 3 is 2.69 bits per heavy atom. The summed E-state index contributed by atoms with van der Waals surface area (Å²) in [6, 6.07) is 12.0. The second kappa shape index (κ2) is 7.43. The van der Waals surface area contributed by atoms with E-state index in [1.807, 2.05) is 17.6 Å². The van der Waals surface area contributed by atoms with Crippen molar-refractivity contribution in [1.82, 2.24) is 9.88 Å². The first-order valence-electron chi connectivity index (χ1n) is 9.00. The third kappa shape index (κ3) is 3.59. The standard InChI is InChI=1S/C22H18F2N2O3/c1-13-21(22(28)25-11-14-4-6-18(23)19(24)9-14)17-10-15(27)5-7-20(17)26(13)12-16-3-2-8-29-16/h2-10,27H,11-12H2,1H3,(H,25,28). The molecule has 2 heterocycles. The number of aromatic nitrogens is 1. The van der Waals surface area contributed by atoms with Crippen molar-refractivity contribution < 1.29 is 23.1 Å². The number of benzene rings is 2. The largest absolute Gasteiger partial charge is 0.508 e. The van der Waals surface area contributed by atoms with Gasteiger partial charge in [-0.2, -0.15) is 0 Å². The highest BCUT2D eigenvalue weighted by molar-refractivity contribution is 6.08. The average Bonchev–Trinajstić information content (AvgIpc) is 3.29. The lowest BCUT2D eigenvalue weighted by Crippen LogP contribution is -2.23. The molecule has 2 N–H and O–H groups in total. The van der Waals surface area contributed by atoms with Crippen LogP contribution in [0.2, 0.25) is 0 Å². The van der Waals surface area contributed by atoms with E-state index >= 15 is 0 Å². The number of hydrogen-bond acceptors (Lipinski definition) is 3. The van der Waals surface area contributed by atoms with Crippen molar-refractivity contribution in [3.63, 3.8) is 0 Å². The Balaban J connectivity index is 1.68. The minimum atomic E-state index is -0.965. The zero-order chi connectivity index (χ0) is 20.5. The molecule has 148 valence electrons. The van der Waals surface area contributed by atoms with Gasteiger partial charge in [-0.25, -0.2) is 8.78 Å². The van der Waals surface area contributed by atoms with Crippen molar-refractivity contribution in [1.29, 1.82) is 0 Å². The topological polar surface area (TPSA) is 67.4 Å².